The average molecular weight is 220 g/mol. The Kier molecular flexibility index (Phi) is 2.31. The Bertz CT molecular complexity index is 447. The lowest BCUT2D eigenvalue weighted by Crippen LogP contribution is -2.09. The summed E-state index contributed by atoms with van der Waals surface area (Å²) in [5.74, 6) is 0. The molecule has 1 aliphatic rings. The fourth-order valence-electron chi connectivity index (χ4n) is 1.89. The van der Waals surface area contributed by atoms with Crippen molar-refractivity contribution in [2.75, 3.05) is 6.61 Å². The average Bonchev–Trinajstić information content (AvgIpc) is 2.89. The molecule has 0 unspecified atom stereocenters. The molecule has 78 valence electrons. The normalized spacial score (nSPS) is 15.2. The van der Waals surface area contributed by atoms with Gasteiger partial charge in [0.1, 0.15) is 0 Å². The Balaban J connectivity index is 1.89. The SMILES string of the molecule is c1csc(Cc2n[nH]c3c2COCC3)c1. The molecule has 0 bridgehead atoms. The van der Waals surface area contributed by atoms with Gasteiger partial charge in [0.15, 0.2) is 0 Å². The van der Waals surface area contributed by atoms with E-state index in [2.05, 4.69) is 27.7 Å². The highest BCUT2D eigenvalue weighted by Gasteiger charge is 2.17. The highest BCUT2D eigenvalue weighted by atomic mass is 32.1. The molecule has 0 saturated carbocycles. The number of rotatable bonds is 2. The van der Waals surface area contributed by atoms with Crippen LogP contribution in [0.4, 0.5) is 0 Å². The number of aromatic nitrogens is 2. The maximum absolute atomic E-state index is 5.46. The van der Waals surface area contributed by atoms with Crippen molar-refractivity contribution in [1.82, 2.24) is 10.2 Å². The molecule has 0 aromatic carbocycles. The molecule has 3 nitrogen and oxygen atoms in total. The number of fused-ring (bicyclic) bond motifs is 1. The number of hydrogen-bond donors (Lipinski definition) is 1. The van der Waals surface area contributed by atoms with E-state index >= 15 is 0 Å². The van der Waals surface area contributed by atoms with Gasteiger partial charge in [-0.25, -0.2) is 0 Å². The number of ether oxygens (including phenoxy) is 1. The second-order valence-electron chi connectivity index (χ2n) is 3.69. The summed E-state index contributed by atoms with van der Waals surface area (Å²) >= 11 is 1.78. The zero-order valence-electron chi connectivity index (χ0n) is 8.32. The third kappa shape index (κ3) is 1.70. The first-order valence-corrected chi connectivity index (χ1v) is 5.96. The molecule has 15 heavy (non-hydrogen) atoms. The van der Waals surface area contributed by atoms with Crippen LogP contribution in [0.1, 0.15) is 21.8 Å². The van der Waals surface area contributed by atoms with Gasteiger partial charge in [-0.15, -0.1) is 11.3 Å². The molecule has 0 saturated heterocycles. The first kappa shape index (κ1) is 9.12. The smallest absolute Gasteiger partial charge is 0.0753 e. The van der Waals surface area contributed by atoms with E-state index in [1.54, 1.807) is 11.3 Å². The van der Waals surface area contributed by atoms with Crippen LogP contribution in [0.25, 0.3) is 0 Å². The number of H-pyrrole nitrogens is 1. The molecule has 3 heterocycles. The number of hydrogen-bond acceptors (Lipinski definition) is 3. The van der Waals surface area contributed by atoms with Crippen molar-refractivity contribution < 1.29 is 4.74 Å². The molecule has 3 rings (SSSR count). The minimum atomic E-state index is 0.715. The van der Waals surface area contributed by atoms with Crippen LogP contribution in [0.5, 0.6) is 0 Å². The molecule has 4 heteroatoms. The van der Waals surface area contributed by atoms with E-state index in [1.807, 2.05) is 0 Å². The molecule has 1 N–H and O–H groups in total. The van der Waals surface area contributed by atoms with Crippen molar-refractivity contribution in [3.8, 4) is 0 Å². The lowest BCUT2D eigenvalue weighted by Gasteiger charge is -2.11. The highest BCUT2D eigenvalue weighted by Crippen LogP contribution is 2.22. The summed E-state index contributed by atoms with van der Waals surface area (Å²) in [5.41, 5.74) is 3.68. The van der Waals surface area contributed by atoms with Gasteiger partial charge in [-0.1, -0.05) is 6.07 Å². The summed E-state index contributed by atoms with van der Waals surface area (Å²) in [6, 6.07) is 4.23. The second kappa shape index (κ2) is 3.79. The molecule has 0 aliphatic carbocycles. The topological polar surface area (TPSA) is 37.9 Å². The summed E-state index contributed by atoms with van der Waals surface area (Å²) in [6.45, 7) is 1.53. The van der Waals surface area contributed by atoms with Crippen molar-refractivity contribution in [2.45, 2.75) is 19.4 Å². The Morgan fingerprint density at radius 1 is 1.53 bits per heavy atom. The van der Waals surface area contributed by atoms with Crippen LogP contribution in [-0.4, -0.2) is 16.8 Å². The van der Waals surface area contributed by atoms with Gasteiger partial charge in [0, 0.05) is 29.0 Å². The van der Waals surface area contributed by atoms with E-state index < -0.39 is 0 Å². The number of thiophene rings is 1. The first-order valence-electron chi connectivity index (χ1n) is 5.08. The van der Waals surface area contributed by atoms with E-state index in [4.69, 9.17) is 4.74 Å². The molecule has 2 aromatic rings. The minimum absolute atomic E-state index is 0.715. The lowest BCUT2D eigenvalue weighted by molar-refractivity contribution is 0.109. The molecule has 0 fully saturated rings. The Morgan fingerprint density at radius 2 is 2.53 bits per heavy atom. The highest BCUT2D eigenvalue weighted by molar-refractivity contribution is 7.09. The summed E-state index contributed by atoms with van der Waals surface area (Å²) in [7, 11) is 0. The van der Waals surface area contributed by atoms with Crippen LogP contribution < -0.4 is 0 Å². The van der Waals surface area contributed by atoms with Crippen LogP contribution in [0.15, 0.2) is 17.5 Å². The molecule has 0 atom stereocenters. The minimum Gasteiger partial charge on any atom is -0.376 e. The van der Waals surface area contributed by atoms with Gasteiger partial charge < -0.3 is 4.74 Å². The fraction of sp³-hybridized carbons (Fsp3) is 0.364. The molecule has 0 amide bonds. The molecule has 0 spiro atoms. The van der Waals surface area contributed by atoms with E-state index in [0.717, 1.165) is 25.1 Å². The summed E-state index contributed by atoms with van der Waals surface area (Å²) in [4.78, 5) is 1.36. The van der Waals surface area contributed by atoms with E-state index in [0.29, 0.717) is 6.61 Å². The van der Waals surface area contributed by atoms with Crippen molar-refractivity contribution in [3.05, 3.63) is 39.3 Å². The molecule has 2 aromatic heterocycles. The Hall–Kier alpha value is -1.13. The number of nitrogens with one attached hydrogen (secondary N) is 1. The largest absolute Gasteiger partial charge is 0.376 e. The molecular weight excluding hydrogens is 208 g/mol. The maximum atomic E-state index is 5.46. The fourth-order valence-corrected chi connectivity index (χ4v) is 2.60. The van der Waals surface area contributed by atoms with Gasteiger partial charge in [0.2, 0.25) is 0 Å². The van der Waals surface area contributed by atoms with Crippen molar-refractivity contribution >= 4 is 11.3 Å². The number of nitrogens with zero attached hydrogens (tertiary/aromatic N) is 1. The van der Waals surface area contributed by atoms with E-state index in [-0.39, 0.29) is 0 Å². The van der Waals surface area contributed by atoms with Gasteiger partial charge in [-0.3, -0.25) is 5.10 Å². The third-order valence-corrected chi connectivity index (χ3v) is 3.58. The second-order valence-corrected chi connectivity index (χ2v) is 4.72. The van der Waals surface area contributed by atoms with Crippen LogP contribution in [0.3, 0.4) is 0 Å². The quantitative estimate of drug-likeness (QED) is 0.842. The van der Waals surface area contributed by atoms with Gasteiger partial charge >= 0.3 is 0 Å². The first-order chi connectivity index (χ1) is 7.43. The lowest BCUT2D eigenvalue weighted by atomic mass is 10.1. The van der Waals surface area contributed by atoms with Crippen molar-refractivity contribution in [1.29, 1.82) is 0 Å². The molecular formula is C11H12N2OS. The Morgan fingerprint density at radius 3 is 3.40 bits per heavy atom. The third-order valence-electron chi connectivity index (χ3n) is 2.70. The maximum Gasteiger partial charge on any atom is 0.0753 e. The molecule has 1 aliphatic heterocycles. The Labute approximate surface area is 92.1 Å². The van der Waals surface area contributed by atoms with Gasteiger partial charge in [-0.2, -0.15) is 5.10 Å². The molecule has 0 radical (unpaired) electrons. The zero-order chi connectivity index (χ0) is 10.1. The van der Waals surface area contributed by atoms with Crippen molar-refractivity contribution in [3.63, 3.8) is 0 Å². The summed E-state index contributed by atoms with van der Waals surface area (Å²) in [6.07, 6.45) is 1.89. The van der Waals surface area contributed by atoms with Crippen molar-refractivity contribution in [2.24, 2.45) is 0 Å². The monoisotopic (exact) mass is 220 g/mol. The predicted octanol–water partition coefficient (Wildman–Crippen LogP) is 2.13. The van der Waals surface area contributed by atoms with Crippen LogP contribution in [-0.2, 0) is 24.2 Å². The van der Waals surface area contributed by atoms with Gasteiger partial charge in [0.25, 0.3) is 0 Å². The summed E-state index contributed by atoms with van der Waals surface area (Å²) in [5, 5.41) is 9.59. The van der Waals surface area contributed by atoms with Crippen LogP contribution in [0, 0.1) is 0 Å². The summed E-state index contributed by atoms with van der Waals surface area (Å²) < 4.78 is 5.46. The van der Waals surface area contributed by atoms with Crippen LogP contribution in [0.2, 0.25) is 0 Å². The zero-order valence-corrected chi connectivity index (χ0v) is 9.14. The standard InChI is InChI=1S/C11H12N2OS/c1-2-8(15-5-1)6-11-9-7-14-4-3-10(9)12-13-11/h1-2,5H,3-4,6-7H2,(H,12,13). The van der Waals surface area contributed by atoms with Crippen LogP contribution >= 0.6 is 11.3 Å². The van der Waals surface area contributed by atoms with E-state index in [1.165, 1.54) is 16.1 Å². The van der Waals surface area contributed by atoms with Gasteiger partial charge in [-0.05, 0) is 11.4 Å². The van der Waals surface area contributed by atoms with E-state index in [9.17, 15) is 0 Å². The van der Waals surface area contributed by atoms with Gasteiger partial charge in [0.05, 0.1) is 18.9 Å². The predicted molar refractivity (Wildman–Crippen MR) is 59.1 cm³/mol. The number of aromatic amines is 1.